The van der Waals surface area contributed by atoms with Crippen molar-refractivity contribution < 1.29 is 9.90 Å². The van der Waals surface area contributed by atoms with E-state index in [2.05, 4.69) is 29.4 Å². The van der Waals surface area contributed by atoms with E-state index >= 15 is 0 Å². The maximum absolute atomic E-state index is 11.8. The maximum Gasteiger partial charge on any atom is 0.228 e. The lowest BCUT2D eigenvalue weighted by atomic mass is 9.98. The molecule has 5 nitrogen and oxygen atoms in total. The molecule has 0 bridgehead atoms. The molecule has 0 unspecified atom stereocenters. The Morgan fingerprint density at radius 3 is 2.78 bits per heavy atom. The zero-order valence-electron chi connectivity index (χ0n) is 11.0. The van der Waals surface area contributed by atoms with E-state index in [1.807, 2.05) is 6.07 Å². The van der Waals surface area contributed by atoms with Crippen LogP contribution in [0.1, 0.15) is 57.6 Å². The number of H-pyrrole nitrogens is 1. The molecule has 5 heteroatoms. The number of carbonyl (C=O) groups is 1. The molecule has 1 heterocycles. The standard InChI is InChI=1S/C13H21N3O2/c1-9(2)10-7-11(16-15-10)14-12(17)8-13(18)5-3-4-6-13/h7,9,18H,3-6,8H2,1-2H3,(H2,14,15,16,17). The summed E-state index contributed by atoms with van der Waals surface area (Å²) in [5.74, 6) is 0.716. The first-order valence-electron chi connectivity index (χ1n) is 6.56. The highest BCUT2D eigenvalue weighted by Gasteiger charge is 2.33. The molecule has 1 saturated carbocycles. The number of hydrogen-bond acceptors (Lipinski definition) is 3. The highest BCUT2D eigenvalue weighted by molar-refractivity contribution is 5.90. The van der Waals surface area contributed by atoms with E-state index in [4.69, 9.17) is 0 Å². The zero-order chi connectivity index (χ0) is 13.2. The van der Waals surface area contributed by atoms with Crippen LogP contribution < -0.4 is 5.32 Å². The van der Waals surface area contributed by atoms with Crippen molar-refractivity contribution in [2.24, 2.45) is 0 Å². The van der Waals surface area contributed by atoms with Crippen molar-refractivity contribution >= 4 is 11.7 Å². The summed E-state index contributed by atoms with van der Waals surface area (Å²) >= 11 is 0. The third-order valence-corrected chi connectivity index (χ3v) is 3.51. The Bertz CT molecular complexity index is 420. The Hall–Kier alpha value is -1.36. The van der Waals surface area contributed by atoms with Crippen LogP contribution in [0, 0.1) is 0 Å². The molecule has 1 aliphatic rings. The van der Waals surface area contributed by atoms with Crippen LogP contribution in [0.4, 0.5) is 5.82 Å². The number of aromatic amines is 1. The number of nitrogens with zero attached hydrogens (tertiary/aromatic N) is 1. The number of amides is 1. The summed E-state index contributed by atoms with van der Waals surface area (Å²) in [4.78, 5) is 11.8. The van der Waals surface area contributed by atoms with Gasteiger partial charge in [0.25, 0.3) is 0 Å². The molecule has 1 aromatic heterocycles. The molecule has 3 N–H and O–H groups in total. The molecule has 1 fully saturated rings. The average molecular weight is 251 g/mol. The van der Waals surface area contributed by atoms with Crippen molar-refractivity contribution in [1.29, 1.82) is 0 Å². The highest BCUT2D eigenvalue weighted by Crippen LogP contribution is 2.32. The molecule has 1 amide bonds. The van der Waals surface area contributed by atoms with Gasteiger partial charge in [0, 0.05) is 11.8 Å². The van der Waals surface area contributed by atoms with E-state index in [0.29, 0.717) is 11.7 Å². The fourth-order valence-electron chi connectivity index (χ4n) is 2.39. The second kappa shape index (κ2) is 5.10. The summed E-state index contributed by atoms with van der Waals surface area (Å²) in [5.41, 5.74) is 0.186. The van der Waals surface area contributed by atoms with Crippen LogP contribution in [0.5, 0.6) is 0 Å². The first-order valence-corrected chi connectivity index (χ1v) is 6.56. The molecular formula is C13H21N3O2. The van der Waals surface area contributed by atoms with Crippen LogP contribution >= 0.6 is 0 Å². The fraction of sp³-hybridized carbons (Fsp3) is 0.692. The van der Waals surface area contributed by atoms with Gasteiger partial charge >= 0.3 is 0 Å². The minimum atomic E-state index is -0.804. The van der Waals surface area contributed by atoms with Crippen LogP contribution in [-0.4, -0.2) is 26.8 Å². The summed E-state index contributed by atoms with van der Waals surface area (Å²) in [6.45, 7) is 4.11. The maximum atomic E-state index is 11.8. The third-order valence-electron chi connectivity index (χ3n) is 3.51. The van der Waals surface area contributed by atoms with Crippen molar-refractivity contribution in [3.8, 4) is 0 Å². The molecule has 18 heavy (non-hydrogen) atoms. The summed E-state index contributed by atoms with van der Waals surface area (Å²) < 4.78 is 0. The Labute approximate surface area is 107 Å². The van der Waals surface area contributed by atoms with Gasteiger partial charge in [0.05, 0.1) is 12.0 Å². The molecular weight excluding hydrogens is 230 g/mol. The Kier molecular flexibility index (Phi) is 3.71. The molecule has 1 aromatic rings. The largest absolute Gasteiger partial charge is 0.389 e. The first-order chi connectivity index (χ1) is 8.48. The molecule has 2 rings (SSSR count). The first kappa shape index (κ1) is 13.1. The quantitative estimate of drug-likeness (QED) is 0.767. The topological polar surface area (TPSA) is 78.0 Å². The van der Waals surface area contributed by atoms with Gasteiger partial charge in [0.2, 0.25) is 5.91 Å². The summed E-state index contributed by atoms with van der Waals surface area (Å²) in [6, 6.07) is 1.83. The van der Waals surface area contributed by atoms with Crippen LogP contribution in [0.2, 0.25) is 0 Å². The SMILES string of the molecule is CC(C)c1cc(NC(=O)CC2(O)CCCC2)n[nH]1. The third kappa shape index (κ3) is 3.10. The molecule has 1 aliphatic carbocycles. The molecule has 100 valence electrons. The smallest absolute Gasteiger partial charge is 0.228 e. The monoisotopic (exact) mass is 251 g/mol. The fourth-order valence-corrected chi connectivity index (χ4v) is 2.39. The lowest BCUT2D eigenvalue weighted by Crippen LogP contribution is -2.30. The molecule has 0 aliphatic heterocycles. The number of aliphatic hydroxyl groups is 1. The number of rotatable bonds is 4. The summed E-state index contributed by atoms with van der Waals surface area (Å²) in [5, 5.41) is 19.8. The molecule has 0 radical (unpaired) electrons. The molecule has 0 spiro atoms. The number of anilines is 1. The molecule has 0 atom stereocenters. The van der Waals surface area contributed by atoms with Crippen molar-refractivity contribution in [3.63, 3.8) is 0 Å². The Morgan fingerprint density at radius 2 is 2.22 bits per heavy atom. The van der Waals surface area contributed by atoms with Crippen molar-refractivity contribution in [1.82, 2.24) is 10.2 Å². The van der Waals surface area contributed by atoms with Gasteiger partial charge in [-0.05, 0) is 18.8 Å². The van der Waals surface area contributed by atoms with E-state index in [1.165, 1.54) is 0 Å². The summed E-state index contributed by atoms with van der Waals surface area (Å²) in [6.07, 6.45) is 3.61. The summed E-state index contributed by atoms with van der Waals surface area (Å²) in [7, 11) is 0. The van der Waals surface area contributed by atoms with E-state index in [-0.39, 0.29) is 12.3 Å². The van der Waals surface area contributed by atoms with Gasteiger partial charge < -0.3 is 10.4 Å². The van der Waals surface area contributed by atoms with E-state index in [0.717, 1.165) is 31.4 Å². The molecule has 0 aromatic carbocycles. The Balaban J connectivity index is 1.90. The predicted molar refractivity (Wildman–Crippen MR) is 69.3 cm³/mol. The van der Waals surface area contributed by atoms with E-state index in [1.54, 1.807) is 0 Å². The highest BCUT2D eigenvalue weighted by atomic mass is 16.3. The average Bonchev–Trinajstić information content (AvgIpc) is 2.87. The Morgan fingerprint density at radius 1 is 1.56 bits per heavy atom. The predicted octanol–water partition coefficient (Wildman–Crippen LogP) is 2.17. The van der Waals surface area contributed by atoms with Crippen LogP contribution in [0.15, 0.2) is 6.07 Å². The lowest BCUT2D eigenvalue weighted by molar-refractivity contribution is -0.120. The van der Waals surface area contributed by atoms with Crippen LogP contribution in [-0.2, 0) is 4.79 Å². The number of hydrogen-bond donors (Lipinski definition) is 3. The van der Waals surface area contributed by atoms with Crippen LogP contribution in [0.3, 0.4) is 0 Å². The van der Waals surface area contributed by atoms with E-state index in [9.17, 15) is 9.90 Å². The van der Waals surface area contributed by atoms with Crippen molar-refractivity contribution in [2.75, 3.05) is 5.32 Å². The number of aromatic nitrogens is 2. The van der Waals surface area contributed by atoms with Gasteiger partial charge in [-0.3, -0.25) is 9.89 Å². The number of carbonyl (C=O) groups excluding carboxylic acids is 1. The zero-order valence-corrected chi connectivity index (χ0v) is 11.0. The van der Waals surface area contributed by atoms with Gasteiger partial charge in [-0.25, -0.2) is 0 Å². The van der Waals surface area contributed by atoms with Gasteiger partial charge in [-0.2, -0.15) is 5.10 Å². The van der Waals surface area contributed by atoms with Crippen LogP contribution in [0.25, 0.3) is 0 Å². The number of nitrogens with one attached hydrogen (secondary N) is 2. The van der Waals surface area contributed by atoms with Gasteiger partial charge in [0.1, 0.15) is 0 Å². The lowest BCUT2D eigenvalue weighted by Gasteiger charge is -2.20. The van der Waals surface area contributed by atoms with Gasteiger partial charge in [0.15, 0.2) is 5.82 Å². The minimum absolute atomic E-state index is 0.164. The van der Waals surface area contributed by atoms with Crippen molar-refractivity contribution in [2.45, 2.75) is 57.5 Å². The normalized spacial score (nSPS) is 18.2. The molecule has 0 saturated heterocycles. The van der Waals surface area contributed by atoms with Gasteiger partial charge in [-0.1, -0.05) is 26.7 Å². The minimum Gasteiger partial charge on any atom is -0.389 e. The van der Waals surface area contributed by atoms with Gasteiger partial charge in [-0.15, -0.1) is 0 Å². The second-order valence-electron chi connectivity index (χ2n) is 5.52. The van der Waals surface area contributed by atoms with Crippen molar-refractivity contribution in [3.05, 3.63) is 11.8 Å². The second-order valence-corrected chi connectivity index (χ2v) is 5.52. The van der Waals surface area contributed by atoms with E-state index < -0.39 is 5.60 Å².